The Hall–Kier alpha value is -4.06. The minimum Gasteiger partial charge on any atom is -0.493 e. The van der Waals surface area contributed by atoms with Crippen molar-refractivity contribution in [1.29, 1.82) is 0 Å². The van der Waals surface area contributed by atoms with Gasteiger partial charge in [-0.15, -0.1) is 0 Å². The van der Waals surface area contributed by atoms with E-state index < -0.39 is 0 Å². The molecule has 156 valence electrons. The van der Waals surface area contributed by atoms with Crippen LogP contribution in [-0.4, -0.2) is 22.8 Å². The standard InChI is InChI=1S/C25H23N3O3/c1-30-23-17-28(21-13-6-3-7-14-21)27-24(23)25(29)26-16-20-12-8-9-15-22(20)31-18-19-10-4-2-5-11-19/h2-15,17H,16,18H2,1H3,(H,26,29). The van der Waals surface area contributed by atoms with Crippen LogP contribution in [-0.2, 0) is 13.2 Å². The molecule has 0 atom stereocenters. The number of hydrogen-bond acceptors (Lipinski definition) is 4. The van der Waals surface area contributed by atoms with Gasteiger partial charge in [-0.1, -0.05) is 66.7 Å². The molecule has 4 rings (SSSR count). The third-order valence-electron chi connectivity index (χ3n) is 4.79. The zero-order valence-electron chi connectivity index (χ0n) is 17.2. The highest BCUT2D eigenvalue weighted by atomic mass is 16.5. The maximum Gasteiger partial charge on any atom is 0.275 e. The van der Waals surface area contributed by atoms with Gasteiger partial charge in [0, 0.05) is 12.1 Å². The first-order valence-corrected chi connectivity index (χ1v) is 9.96. The number of hydrogen-bond donors (Lipinski definition) is 1. The molecule has 0 aliphatic heterocycles. The van der Waals surface area contributed by atoms with E-state index in [1.165, 1.54) is 7.11 Å². The summed E-state index contributed by atoms with van der Waals surface area (Å²) >= 11 is 0. The quantitative estimate of drug-likeness (QED) is 0.465. The van der Waals surface area contributed by atoms with Crippen LogP contribution in [0.3, 0.4) is 0 Å². The summed E-state index contributed by atoms with van der Waals surface area (Å²) in [6, 6.07) is 27.2. The number of rotatable bonds is 8. The van der Waals surface area contributed by atoms with Crippen LogP contribution in [0.5, 0.6) is 11.5 Å². The molecule has 0 aliphatic rings. The van der Waals surface area contributed by atoms with Crippen LogP contribution in [0.4, 0.5) is 0 Å². The maximum atomic E-state index is 12.8. The first-order chi connectivity index (χ1) is 15.2. The first-order valence-electron chi connectivity index (χ1n) is 9.96. The van der Waals surface area contributed by atoms with Crippen molar-refractivity contribution >= 4 is 5.91 Å². The molecule has 0 spiro atoms. The lowest BCUT2D eigenvalue weighted by Gasteiger charge is -2.12. The predicted molar refractivity (Wildman–Crippen MR) is 119 cm³/mol. The van der Waals surface area contributed by atoms with Gasteiger partial charge in [-0.25, -0.2) is 4.68 Å². The summed E-state index contributed by atoms with van der Waals surface area (Å²) in [5.74, 6) is 0.827. The fourth-order valence-electron chi connectivity index (χ4n) is 3.16. The molecule has 0 saturated carbocycles. The third-order valence-corrected chi connectivity index (χ3v) is 4.79. The molecule has 0 unspecified atom stereocenters. The summed E-state index contributed by atoms with van der Waals surface area (Å²) < 4.78 is 13.0. The van der Waals surface area contributed by atoms with Crippen LogP contribution < -0.4 is 14.8 Å². The van der Waals surface area contributed by atoms with Crippen molar-refractivity contribution in [3.63, 3.8) is 0 Å². The van der Waals surface area contributed by atoms with Gasteiger partial charge in [-0.05, 0) is 23.8 Å². The van der Waals surface area contributed by atoms with Gasteiger partial charge in [-0.3, -0.25) is 4.79 Å². The molecule has 0 radical (unpaired) electrons. The molecule has 1 amide bonds. The van der Waals surface area contributed by atoms with Gasteiger partial charge in [0.1, 0.15) is 12.4 Å². The van der Waals surface area contributed by atoms with Crippen molar-refractivity contribution in [1.82, 2.24) is 15.1 Å². The number of ether oxygens (including phenoxy) is 2. The lowest BCUT2D eigenvalue weighted by Crippen LogP contribution is -2.24. The van der Waals surface area contributed by atoms with Crippen molar-refractivity contribution < 1.29 is 14.3 Å². The molecular formula is C25H23N3O3. The largest absolute Gasteiger partial charge is 0.493 e. The highest BCUT2D eigenvalue weighted by Gasteiger charge is 2.18. The van der Waals surface area contributed by atoms with Gasteiger partial charge in [0.25, 0.3) is 5.91 Å². The average Bonchev–Trinajstić information content (AvgIpc) is 3.28. The fourth-order valence-corrected chi connectivity index (χ4v) is 3.16. The molecule has 3 aromatic carbocycles. The Morgan fingerprint density at radius 2 is 1.58 bits per heavy atom. The minimum atomic E-state index is -0.315. The van der Waals surface area contributed by atoms with E-state index in [9.17, 15) is 4.79 Å². The molecule has 0 bridgehead atoms. The summed E-state index contributed by atoms with van der Waals surface area (Å²) in [5, 5.41) is 7.33. The second kappa shape index (κ2) is 9.63. The van der Waals surface area contributed by atoms with E-state index in [4.69, 9.17) is 9.47 Å². The van der Waals surface area contributed by atoms with Crippen LogP contribution in [0.25, 0.3) is 5.69 Å². The zero-order valence-corrected chi connectivity index (χ0v) is 17.2. The SMILES string of the molecule is COc1cn(-c2ccccc2)nc1C(=O)NCc1ccccc1OCc1ccccc1. The number of carbonyl (C=O) groups is 1. The molecule has 0 fully saturated rings. The molecule has 6 heteroatoms. The van der Waals surface area contributed by atoms with Crippen LogP contribution in [0.1, 0.15) is 21.6 Å². The van der Waals surface area contributed by atoms with Gasteiger partial charge in [-0.2, -0.15) is 5.10 Å². The number of carbonyl (C=O) groups excluding carboxylic acids is 1. The van der Waals surface area contributed by atoms with Crippen molar-refractivity contribution in [3.05, 3.63) is 108 Å². The Labute approximate surface area is 181 Å². The van der Waals surface area contributed by atoms with Gasteiger partial charge in [0.15, 0.2) is 11.4 Å². The normalized spacial score (nSPS) is 10.5. The topological polar surface area (TPSA) is 65.4 Å². The molecule has 0 saturated heterocycles. The van der Waals surface area contributed by atoms with E-state index in [0.29, 0.717) is 18.9 Å². The summed E-state index contributed by atoms with van der Waals surface area (Å²) in [5.41, 5.74) is 3.04. The zero-order chi connectivity index (χ0) is 21.5. The summed E-state index contributed by atoms with van der Waals surface area (Å²) in [7, 11) is 1.52. The molecular weight excluding hydrogens is 390 g/mol. The Kier molecular flexibility index (Phi) is 6.28. The molecule has 1 N–H and O–H groups in total. The monoisotopic (exact) mass is 413 g/mol. The van der Waals surface area contributed by atoms with Crippen molar-refractivity contribution in [2.45, 2.75) is 13.2 Å². The Bertz CT molecular complexity index is 1140. The highest BCUT2D eigenvalue weighted by molar-refractivity contribution is 5.94. The number of aromatic nitrogens is 2. The van der Waals surface area contributed by atoms with E-state index in [2.05, 4.69) is 10.4 Å². The number of methoxy groups -OCH3 is 1. The van der Waals surface area contributed by atoms with Crippen molar-refractivity contribution in [2.24, 2.45) is 0 Å². The second-order valence-electron chi connectivity index (χ2n) is 6.89. The van der Waals surface area contributed by atoms with Crippen LogP contribution in [0, 0.1) is 0 Å². The lowest BCUT2D eigenvalue weighted by molar-refractivity contribution is 0.0942. The Morgan fingerprint density at radius 1 is 0.903 bits per heavy atom. The average molecular weight is 413 g/mol. The van der Waals surface area contributed by atoms with Gasteiger partial charge in [0.05, 0.1) is 19.0 Å². The molecule has 1 heterocycles. The lowest BCUT2D eigenvalue weighted by atomic mass is 10.2. The van der Waals surface area contributed by atoms with Crippen molar-refractivity contribution in [2.75, 3.05) is 7.11 Å². The van der Waals surface area contributed by atoms with Crippen LogP contribution >= 0.6 is 0 Å². The Morgan fingerprint density at radius 3 is 2.32 bits per heavy atom. The number of para-hydroxylation sites is 2. The molecule has 31 heavy (non-hydrogen) atoms. The minimum absolute atomic E-state index is 0.231. The smallest absolute Gasteiger partial charge is 0.275 e. The van der Waals surface area contributed by atoms with E-state index >= 15 is 0 Å². The van der Waals surface area contributed by atoms with Gasteiger partial charge < -0.3 is 14.8 Å². The fraction of sp³-hybridized carbons (Fsp3) is 0.120. The number of nitrogens with one attached hydrogen (secondary N) is 1. The van der Waals surface area contributed by atoms with Crippen LogP contribution in [0.15, 0.2) is 91.1 Å². The van der Waals surface area contributed by atoms with E-state index in [1.807, 2.05) is 84.9 Å². The van der Waals surface area contributed by atoms with E-state index in [1.54, 1.807) is 10.9 Å². The predicted octanol–water partition coefficient (Wildman–Crippen LogP) is 4.39. The molecule has 1 aromatic heterocycles. The van der Waals surface area contributed by atoms with Crippen LogP contribution in [0.2, 0.25) is 0 Å². The third kappa shape index (κ3) is 4.93. The number of amides is 1. The van der Waals surface area contributed by atoms with E-state index in [-0.39, 0.29) is 11.6 Å². The highest BCUT2D eigenvalue weighted by Crippen LogP contribution is 2.22. The Balaban J connectivity index is 1.45. The first kappa shape index (κ1) is 20.2. The molecule has 4 aromatic rings. The van der Waals surface area contributed by atoms with Gasteiger partial charge >= 0.3 is 0 Å². The summed E-state index contributed by atoms with van der Waals surface area (Å²) in [6.45, 7) is 0.770. The number of benzene rings is 3. The summed E-state index contributed by atoms with van der Waals surface area (Å²) in [6.07, 6.45) is 1.70. The second-order valence-corrected chi connectivity index (χ2v) is 6.89. The summed E-state index contributed by atoms with van der Waals surface area (Å²) in [4.78, 5) is 12.8. The number of nitrogens with zero attached hydrogens (tertiary/aromatic N) is 2. The van der Waals surface area contributed by atoms with Crippen molar-refractivity contribution in [3.8, 4) is 17.2 Å². The maximum absolute atomic E-state index is 12.8. The van der Waals surface area contributed by atoms with Gasteiger partial charge in [0.2, 0.25) is 0 Å². The molecule has 0 aliphatic carbocycles. The van der Waals surface area contributed by atoms with E-state index in [0.717, 1.165) is 22.6 Å². The molecule has 6 nitrogen and oxygen atoms in total.